The molecule has 3 aromatic rings. The molecule has 0 aliphatic carbocycles. The van der Waals surface area contributed by atoms with Crippen LogP contribution in [0, 0.1) is 0 Å². The van der Waals surface area contributed by atoms with Crippen molar-refractivity contribution in [3.63, 3.8) is 0 Å². The summed E-state index contributed by atoms with van der Waals surface area (Å²) in [5, 5.41) is 9.61. The van der Waals surface area contributed by atoms with Gasteiger partial charge in [-0.3, -0.25) is 4.79 Å². The molecule has 0 atom stereocenters. The van der Waals surface area contributed by atoms with E-state index in [0.717, 1.165) is 30.8 Å². The molecule has 0 bridgehead atoms. The Bertz CT molecular complexity index is 1040. The first kappa shape index (κ1) is 20.7. The number of piperazine rings is 1. The van der Waals surface area contributed by atoms with E-state index in [0.29, 0.717) is 30.6 Å². The van der Waals surface area contributed by atoms with Crippen LogP contribution in [0.3, 0.4) is 0 Å². The van der Waals surface area contributed by atoms with Gasteiger partial charge in [0.15, 0.2) is 0 Å². The highest BCUT2D eigenvalue weighted by atomic mass is 16.4. The molecule has 5 nitrogen and oxygen atoms in total. The number of nitrogens with zero attached hydrogens (tertiary/aromatic N) is 2. The van der Waals surface area contributed by atoms with Gasteiger partial charge in [-0.05, 0) is 54.3 Å². The zero-order chi connectivity index (χ0) is 21.6. The van der Waals surface area contributed by atoms with Crippen LogP contribution in [-0.2, 0) is 12.8 Å². The van der Waals surface area contributed by atoms with Crippen LogP contribution < -0.4 is 4.90 Å². The number of carboxylic acid groups (broad SMARTS) is 1. The van der Waals surface area contributed by atoms with E-state index in [1.54, 1.807) is 6.07 Å². The second-order valence-corrected chi connectivity index (χ2v) is 7.78. The summed E-state index contributed by atoms with van der Waals surface area (Å²) in [6.45, 7) is 2.74. The first-order valence-corrected chi connectivity index (χ1v) is 10.6. The summed E-state index contributed by atoms with van der Waals surface area (Å²) < 4.78 is 0. The maximum absolute atomic E-state index is 12.7. The van der Waals surface area contributed by atoms with E-state index >= 15 is 0 Å². The Hall–Kier alpha value is -3.60. The van der Waals surface area contributed by atoms with Gasteiger partial charge in [0.2, 0.25) is 0 Å². The van der Waals surface area contributed by atoms with Gasteiger partial charge in [-0.25, -0.2) is 4.79 Å². The first-order valence-electron chi connectivity index (χ1n) is 10.6. The molecule has 1 saturated heterocycles. The maximum atomic E-state index is 12.7. The molecule has 0 aromatic heterocycles. The Morgan fingerprint density at radius 3 is 2.06 bits per heavy atom. The van der Waals surface area contributed by atoms with Crippen molar-refractivity contribution in [3.8, 4) is 0 Å². The Labute approximate surface area is 182 Å². The molecule has 0 spiro atoms. The predicted octanol–water partition coefficient (Wildman–Crippen LogP) is 4.13. The number of anilines is 1. The zero-order valence-electron chi connectivity index (χ0n) is 17.4. The second kappa shape index (κ2) is 9.47. The molecule has 158 valence electrons. The first-order chi connectivity index (χ1) is 15.1. The molecule has 1 aliphatic heterocycles. The quantitative estimate of drug-likeness (QED) is 0.659. The summed E-state index contributed by atoms with van der Waals surface area (Å²) in [6, 6.07) is 25.1. The smallest absolute Gasteiger partial charge is 0.335 e. The number of carbonyl (C=O) groups excluding carboxylic acids is 1. The molecule has 4 rings (SSSR count). The minimum absolute atomic E-state index is 0.0602. The van der Waals surface area contributed by atoms with Gasteiger partial charge in [0.25, 0.3) is 5.91 Å². The number of aromatic carboxylic acids is 1. The Morgan fingerprint density at radius 1 is 0.774 bits per heavy atom. The van der Waals surface area contributed by atoms with Gasteiger partial charge < -0.3 is 14.9 Å². The van der Waals surface area contributed by atoms with Gasteiger partial charge in [-0.1, -0.05) is 48.5 Å². The van der Waals surface area contributed by atoms with Gasteiger partial charge in [0.05, 0.1) is 5.56 Å². The number of rotatable bonds is 6. The Kier molecular flexibility index (Phi) is 6.32. The molecule has 1 amide bonds. The summed E-state index contributed by atoms with van der Waals surface area (Å²) in [5.41, 5.74) is 4.12. The van der Waals surface area contributed by atoms with Crippen LogP contribution in [-0.4, -0.2) is 48.1 Å². The fraction of sp³-hybridized carbons (Fsp3) is 0.231. The normalized spacial score (nSPS) is 13.8. The number of hydrogen-bond acceptors (Lipinski definition) is 3. The number of carbonyl (C=O) groups is 2. The molecule has 1 heterocycles. The molecule has 5 heteroatoms. The van der Waals surface area contributed by atoms with Crippen LogP contribution in [0.25, 0.3) is 0 Å². The SMILES string of the molecule is O=C(O)c1ccc(N2CCN(C(=O)c3ccccc3)CC2)cc1CCc1ccccc1. The summed E-state index contributed by atoms with van der Waals surface area (Å²) in [5.74, 6) is -0.835. The average molecular weight is 415 g/mol. The van der Waals surface area contributed by atoms with Gasteiger partial charge >= 0.3 is 5.97 Å². The molecule has 3 aromatic carbocycles. The van der Waals surface area contributed by atoms with E-state index in [1.807, 2.05) is 65.6 Å². The Morgan fingerprint density at radius 2 is 1.42 bits per heavy atom. The standard InChI is InChI=1S/C26H26N2O3/c29-25(21-9-5-2-6-10-21)28-17-15-27(16-18-28)23-13-14-24(26(30)31)22(19-23)12-11-20-7-3-1-4-8-20/h1-10,13-14,19H,11-12,15-18H2,(H,30,31). The third-order valence-electron chi connectivity index (χ3n) is 5.80. The molecule has 1 aliphatic rings. The van der Waals surface area contributed by atoms with Crippen molar-refractivity contribution in [1.29, 1.82) is 0 Å². The van der Waals surface area contributed by atoms with E-state index in [4.69, 9.17) is 0 Å². The molecule has 1 N–H and O–H groups in total. The lowest BCUT2D eigenvalue weighted by Crippen LogP contribution is -2.48. The van der Waals surface area contributed by atoms with Crippen molar-refractivity contribution in [1.82, 2.24) is 4.90 Å². The zero-order valence-corrected chi connectivity index (χ0v) is 17.4. The average Bonchev–Trinajstić information content (AvgIpc) is 2.83. The van der Waals surface area contributed by atoms with Crippen LogP contribution >= 0.6 is 0 Å². The second-order valence-electron chi connectivity index (χ2n) is 7.78. The van der Waals surface area contributed by atoms with Gasteiger partial charge in [-0.15, -0.1) is 0 Å². The van der Waals surface area contributed by atoms with Crippen LogP contribution in [0.15, 0.2) is 78.9 Å². The summed E-state index contributed by atoms with van der Waals surface area (Å²) in [7, 11) is 0. The number of amides is 1. The summed E-state index contributed by atoms with van der Waals surface area (Å²) >= 11 is 0. The van der Waals surface area contributed by atoms with Crippen LogP contribution in [0.1, 0.15) is 31.8 Å². The fourth-order valence-corrected chi connectivity index (χ4v) is 4.05. The molecular formula is C26H26N2O3. The molecule has 0 radical (unpaired) electrons. The van der Waals surface area contributed by atoms with E-state index in [-0.39, 0.29) is 5.91 Å². The highest BCUT2D eigenvalue weighted by Crippen LogP contribution is 2.23. The maximum Gasteiger partial charge on any atom is 0.335 e. The molecule has 0 unspecified atom stereocenters. The van der Waals surface area contributed by atoms with Crippen molar-refractivity contribution in [2.24, 2.45) is 0 Å². The van der Waals surface area contributed by atoms with Gasteiger partial charge in [0.1, 0.15) is 0 Å². The lowest BCUT2D eigenvalue weighted by atomic mass is 9.98. The Balaban J connectivity index is 1.45. The number of benzene rings is 3. The predicted molar refractivity (Wildman–Crippen MR) is 122 cm³/mol. The largest absolute Gasteiger partial charge is 0.478 e. The molecule has 0 saturated carbocycles. The molecule has 31 heavy (non-hydrogen) atoms. The van der Waals surface area contributed by atoms with Crippen LogP contribution in [0.4, 0.5) is 5.69 Å². The molecule has 1 fully saturated rings. The van der Waals surface area contributed by atoms with Crippen molar-refractivity contribution in [2.45, 2.75) is 12.8 Å². The minimum Gasteiger partial charge on any atom is -0.478 e. The lowest BCUT2D eigenvalue weighted by Gasteiger charge is -2.36. The molecular weight excluding hydrogens is 388 g/mol. The van der Waals surface area contributed by atoms with E-state index in [9.17, 15) is 14.7 Å². The van der Waals surface area contributed by atoms with E-state index < -0.39 is 5.97 Å². The number of aryl methyl sites for hydroxylation is 2. The topological polar surface area (TPSA) is 60.9 Å². The summed E-state index contributed by atoms with van der Waals surface area (Å²) in [6.07, 6.45) is 1.47. The van der Waals surface area contributed by atoms with Crippen LogP contribution in [0.5, 0.6) is 0 Å². The number of carboxylic acids is 1. The van der Waals surface area contributed by atoms with Crippen molar-refractivity contribution >= 4 is 17.6 Å². The summed E-state index contributed by atoms with van der Waals surface area (Å²) in [4.78, 5) is 28.5. The number of hydrogen-bond donors (Lipinski definition) is 1. The third kappa shape index (κ3) is 4.94. The highest BCUT2D eigenvalue weighted by Gasteiger charge is 2.23. The van der Waals surface area contributed by atoms with E-state index in [1.165, 1.54) is 5.56 Å². The van der Waals surface area contributed by atoms with Crippen molar-refractivity contribution < 1.29 is 14.7 Å². The highest BCUT2D eigenvalue weighted by molar-refractivity contribution is 5.94. The monoisotopic (exact) mass is 414 g/mol. The van der Waals surface area contributed by atoms with Gasteiger partial charge in [0, 0.05) is 37.4 Å². The van der Waals surface area contributed by atoms with E-state index in [2.05, 4.69) is 17.0 Å². The van der Waals surface area contributed by atoms with Gasteiger partial charge in [-0.2, -0.15) is 0 Å². The van der Waals surface area contributed by atoms with Crippen molar-refractivity contribution in [3.05, 3.63) is 101 Å². The van der Waals surface area contributed by atoms with Crippen molar-refractivity contribution in [2.75, 3.05) is 31.1 Å². The third-order valence-corrected chi connectivity index (χ3v) is 5.80. The lowest BCUT2D eigenvalue weighted by molar-refractivity contribution is 0.0694. The fourth-order valence-electron chi connectivity index (χ4n) is 4.05. The van der Waals surface area contributed by atoms with Crippen LogP contribution in [0.2, 0.25) is 0 Å². The minimum atomic E-state index is -0.895.